The number of halogens is 4. The van der Waals surface area contributed by atoms with Crippen molar-refractivity contribution in [1.29, 1.82) is 0 Å². The third kappa shape index (κ3) is 4.76. The molecule has 132 valence electrons. The maximum Gasteiger partial charge on any atom is 0.359 e. The monoisotopic (exact) mass is 465 g/mol. The molecule has 2 rings (SSSR count). The van der Waals surface area contributed by atoms with E-state index in [1.807, 2.05) is 19.1 Å². The molecule has 0 aliphatic carbocycles. The van der Waals surface area contributed by atoms with Crippen LogP contribution in [0, 0.1) is 6.92 Å². The lowest BCUT2D eigenvalue weighted by Crippen LogP contribution is -2.22. The molecular formula is C15H11BrCl3N3O3. The third-order valence-electron chi connectivity index (χ3n) is 3.00. The summed E-state index contributed by atoms with van der Waals surface area (Å²) in [6, 6.07) is 5.38. The lowest BCUT2D eigenvalue weighted by atomic mass is 10.2. The van der Waals surface area contributed by atoms with E-state index in [1.54, 1.807) is 6.07 Å². The number of aryl methyl sites for hydroxylation is 1. The van der Waals surface area contributed by atoms with Gasteiger partial charge in [-0.1, -0.05) is 40.9 Å². The molecule has 3 N–H and O–H groups in total. The first-order valence-corrected chi connectivity index (χ1v) is 8.66. The molecule has 0 unspecified atom stereocenters. The van der Waals surface area contributed by atoms with E-state index in [0.717, 1.165) is 5.56 Å². The first-order valence-electron chi connectivity index (χ1n) is 6.73. The van der Waals surface area contributed by atoms with Gasteiger partial charge in [0.25, 0.3) is 5.91 Å². The quantitative estimate of drug-likeness (QED) is 0.510. The molecule has 2 aromatic rings. The molecule has 0 bridgehead atoms. The average Bonchev–Trinajstić information content (AvgIpc) is 2.56. The summed E-state index contributed by atoms with van der Waals surface area (Å²) in [4.78, 5) is 27.7. The lowest BCUT2D eigenvalue weighted by Gasteiger charge is -2.10. The summed E-state index contributed by atoms with van der Waals surface area (Å²) in [7, 11) is 0. The van der Waals surface area contributed by atoms with Crippen molar-refractivity contribution in [2.45, 2.75) is 6.92 Å². The number of carbonyl (C=O) groups is 2. The van der Waals surface area contributed by atoms with Crippen LogP contribution in [-0.4, -0.2) is 23.5 Å². The van der Waals surface area contributed by atoms with Crippen LogP contribution in [0.3, 0.4) is 0 Å². The van der Waals surface area contributed by atoms with Gasteiger partial charge in [-0.2, -0.15) is 0 Å². The highest BCUT2D eigenvalue weighted by atomic mass is 79.9. The zero-order valence-corrected chi connectivity index (χ0v) is 16.6. The SMILES string of the molecule is Cc1ccc(NC(=O)COC(=O)c2nc(Cl)c(Cl)c(N)c2Cl)c(Br)c1. The largest absolute Gasteiger partial charge is 0.451 e. The van der Waals surface area contributed by atoms with E-state index in [4.69, 9.17) is 45.3 Å². The van der Waals surface area contributed by atoms with E-state index in [9.17, 15) is 9.59 Å². The maximum absolute atomic E-state index is 12.0. The van der Waals surface area contributed by atoms with Crippen molar-refractivity contribution in [3.8, 4) is 0 Å². The van der Waals surface area contributed by atoms with Crippen LogP contribution in [0.2, 0.25) is 15.2 Å². The number of nitrogens with two attached hydrogens (primary N) is 1. The third-order valence-corrected chi connectivity index (χ3v) is 4.79. The van der Waals surface area contributed by atoms with Crippen molar-refractivity contribution in [1.82, 2.24) is 4.98 Å². The topological polar surface area (TPSA) is 94.3 Å². The number of nitrogen functional groups attached to an aromatic ring is 1. The highest BCUT2D eigenvalue weighted by Crippen LogP contribution is 2.34. The number of benzene rings is 1. The number of nitrogens with one attached hydrogen (secondary N) is 1. The number of hydrogen-bond acceptors (Lipinski definition) is 5. The number of ether oxygens (including phenoxy) is 1. The molecule has 25 heavy (non-hydrogen) atoms. The highest BCUT2D eigenvalue weighted by Gasteiger charge is 2.21. The van der Waals surface area contributed by atoms with Gasteiger partial charge < -0.3 is 15.8 Å². The Morgan fingerprint density at radius 1 is 1.28 bits per heavy atom. The summed E-state index contributed by atoms with van der Waals surface area (Å²) in [6.45, 7) is 1.37. The van der Waals surface area contributed by atoms with Crippen molar-refractivity contribution in [2.75, 3.05) is 17.7 Å². The predicted molar refractivity (Wildman–Crippen MR) is 101 cm³/mol. The van der Waals surface area contributed by atoms with Gasteiger partial charge in [-0.25, -0.2) is 9.78 Å². The lowest BCUT2D eigenvalue weighted by molar-refractivity contribution is -0.119. The van der Waals surface area contributed by atoms with Crippen molar-refractivity contribution >= 4 is 74.0 Å². The first kappa shape index (κ1) is 19.8. The van der Waals surface area contributed by atoms with E-state index in [1.165, 1.54) is 0 Å². The average molecular weight is 468 g/mol. The minimum atomic E-state index is -0.951. The molecule has 0 spiro atoms. The van der Waals surface area contributed by atoms with Gasteiger partial charge in [-0.05, 0) is 40.5 Å². The molecule has 6 nitrogen and oxygen atoms in total. The van der Waals surface area contributed by atoms with Crippen LogP contribution in [-0.2, 0) is 9.53 Å². The number of rotatable bonds is 4. The Hall–Kier alpha value is -1.54. The van der Waals surface area contributed by atoms with Gasteiger partial charge in [0, 0.05) is 4.47 Å². The van der Waals surface area contributed by atoms with E-state index in [-0.39, 0.29) is 26.6 Å². The Bertz CT molecular complexity index is 862. The van der Waals surface area contributed by atoms with Crippen LogP contribution in [0.4, 0.5) is 11.4 Å². The van der Waals surface area contributed by atoms with E-state index in [2.05, 4.69) is 26.2 Å². The minimum absolute atomic E-state index is 0.0646. The predicted octanol–water partition coefficient (Wildman–Crippen LogP) is 4.49. The molecular weight excluding hydrogens is 456 g/mol. The highest BCUT2D eigenvalue weighted by molar-refractivity contribution is 9.10. The second-order valence-corrected chi connectivity index (χ2v) is 6.87. The van der Waals surface area contributed by atoms with Crippen LogP contribution in [0.15, 0.2) is 22.7 Å². The minimum Gasteiger partial charge on any atom is -0.451 e. The zero-order valence-electron chi connectivity index (χ0n) is 12.7. The second kappa shape index (κ2) is 8.23. The maximum atomic E-state index is 12.0. The molecule has 0 radical (unpaired) electrons. The molecule has 1 amide bonds. The Morgan fingerprint density at radius 3 is 2.60 bits per heavy atom. The number of nitrogens with zero attached hydrogens (tertiary/aromatic N) is 1. The standard InChI is InChI=1S/C15H11BrCl3N3O3/c1-6-2-3-8(7(16)4-6)21-9(23)5-25-15(24)13-10(17)12(20)11(18)14(19)22-13/h2-4H,5H2,1H3,(H2,20,22)(H,21,23). The van der Waals surface area contributed by atoms with Crippen LogP contribution in [0.1, 0.15) is 16.1 Å². The number of anilines is 2. The Balaban J connectivity index is 2.04. The molecule has 0 atom stereocenters. The van der Waals surface area contributed by atoms with Gasteiger partial charge in [0.2, 0.25) is 0 Å². The van der Waals surface area contributed by atoms with Crippen molar-refractivity contribution < 1.29 is 14.3 Å². The van der Waals surface area contributed by atoms with Crippen LogP contribution in [0.5, 0.6) is 0 Å². The van der Waals surface area contributed by atoms with E-state index in [0.29, 0.717) is 10.2 Å². The molecule has 0 aliphatic rings. The van der Waals surface area contributed by atoms with Crippen molar-refractivity contribution in [3.05, 3.63) is 49.1 Å². The summed E-state index contributed by atoms with van der Waals surface area (Å²) >= 11 is 20.8. The van der Waals surface area contributed by atoms with Crippen molar-refractivity contribution in [3.63, 3.8) is 0 Å². The normalized spacial score (nSPS) is 10.4. The summed E-state index contributed by atoms with van der Waals surface area (Å²) in [5, 5.41) is 2.15. The van der Waals surface area contributed by atoms with Gasteiger partial charge in [0.05, 0.1) is 16.4 Å². The fourth-order valence-electron chi connectivity index (χ4n) is 1.77. The fourth-order valence-corrected chi connectivity index (χ4v) is 2.95. The van der Waals surface area contributed by atoms with E-state index >= 15 is 0 Å². The molecule has 0 aliphatic heterocycles. The molecule has 1 heterocycles. The van der Waals surface area contributed by atoms with Crippen LogP contribution in [0.25, 0.3) is 0 Å². The first-order chi connectivity index (χ1) is 11.7. The van der Waals surface area contributed by atoms with Gasteiger partial charge in [0.15, 0.2) is 17.5 Å². The molecule has 1 aromatic heterocycles. The van der Waals surface area contributed by atoms with Crippen molar-refractivity contribution in [2.24, 2.45) is 0 Å². The van der Waals surface area contributed by atoms with Gasteiger partial charge >= 0.3 is 5.97 Å². The molecule has 1 aromatic carbocycles. The summed E-state index contributed by atoms with van der Waals surface area (Å²) in [5.74, 6) is -1.49. The Morgan fingerprint density at radius 2 is 1.96 bits per heavy atom. The van der Waals surface area contributed by atoms with Crippen LogP contribution < -0.4 is 11.1 Å². The smallest absolute Gasteiger partial charge is 0.359 e. The van der Waals surface area contributed by atoms with Gasteiger partial charge in [0.1, 0.15) is 5.02 Å². The summed E-state index contributed by atoms with van der Waals surface area (Å²) in [5.41, 5.74) is 6.78. The number of aromatic nitrogens is 1. The van der Waals surface area contributed by atoms with Gasteiger partial charge in [-0.15, -0.1) is 0 Å². The molecule has 0 saturated carbocycles. The Kier molecular flexibility index (Phi) is 6.51. The molecule has 0 fully saturated rings. The number of hydrogen-bond donors (Lipinski definition) is 2. The molecule has 10 heteroatoms. The summed E-state index contributed by atoms with van der Waals surface area (Å²) in [6.07, 6.45) is 0. The van der Waals surface area contributed by atoms with Gasteiger partial charge in [-0.3, -0.25) is 4.79 Å². The number of carbonyl (C=O) groups excluding carboxylic acids is 2. The van der Waals surface area contributed by atoms with Crippen LogP contribution >= 0.6 is 50.7 Å². The zero-order chi connectivity index (χ0) is 18.7. The number of esters is 1. The number of pyridine rings is 1. The van der Waals surface area contributed by atoms with E-state index < -0.39 is 18.5 Å². The Labute approximate surface area is 166 Å². The fraction of sp³-hybridized carbons (Fsp3) is 0.133. The summed E-state index contributed by atoms with van der Waals surface area (Å²) < 4.78 is 5.59. The molecule has 0 saturated heterocycles. The number of amides is 1. The second-order valence-electron chi connectivity index (χ2n) is 4.90.